The summed E-state index contributed by atoms with van der Waals surface area (Å²) in [5, 5.41) is 9.02. The highest BCUT2D eigenvalue weighted by Crippen LogP contribution is 2.10. The topological polar surface area (TPSA) is 57.6 Å². The normalized spacial score (nSPS) is 13.9. The molecule has 1 amide bonds. The Morgan fingerprint density at radius 3 is 2.38 bits per heavy atom. The maximum atomic E-state index is 12.3. The molecule has 0 aliphatic carbocycles. The highest BCUT2D eigenvalue weighted by atomic mass is 16.4. The van der Waals surface area contributed by atoms with Gasteiger partial charge in [-0.25, -0.2) is 0 Å². The molecule has 1 aromatic rings. The average Bonchev–Trinajstić information content (AvgIpc) is 2.50. The Bertz CT molecular complexity index is 496. The van der Waals surface area contributed by atoms with Crippen LogP contribution in [-0.2, 0) is 9.59 Å². The summed E-state index contributed by atoms with van der Waals surface area (Å²) >= 11 is 0. The van der Waals surface area contributed by atoms with Crippen LogP contribution >= 0.6 is 0 Å². The van der Waals surface area contributed by atoms with Crippen LogP contribution in [0.15, 0.2) is 36.4 Å². The average molecular weight is 289 g/mol. The molecule has 1 rings (SSSR count). The van der Waals surface area contributed by atoms with Gasteiger partial charge in [-0.3, -0.25) is 9.59 Å². The predicted octanol–water partition coefficient (Wildman–Crippen LogP) is 3.05. The number of nitrogens with zero attached hydrogens (tertiary/aromatic N) is 1. The first kappa shape index (κ1) is 17.0. The van der Waals surface area contributed by atoms with Crippen molar-refractivity contribution >= 4 is 18.0 Å². The summed E-state index contributed by atoms with van der Waals surface area (Å²) in [6, 6.07) is 9.57. The van der Waals surface area contributed by atoms with Crippen LogP contribution in [-0.4, -0.2) is 34.5 Å². The molecule has 0 aromatic heterocycles. The summed E-state index contributed by atoms with van der Waals surface area (Å²) in [7, 11) is 0. The fourth-order valence-corrected chi connectivity index (χ4v) is 1.91. The lowest BCUT2D eigenvalue weighted by atomic mass is 10.1. The molecule has 4 heteroatoms. The van der Waals surface area contributed by atoms with Crippen LogP contribution in [0.25, 0.3) is 6.08 Å². The lowest BCUT2D eigenvalue weighted by Crippen LogP contribution is -2.41. The van der Waals surface area contributed by atoms with Gasteiger partial charge >= 0.3 is 5.97 Å². The first-order valence-corrected chi connectivity index (χ1v) is 7.22. The molecule has 1 aromatic carbocycles. The molecule has 0 bridgehead atoms. The third-order valence-electron chi connectivity index (χ3n) is 3.52. The molecule has 0 saturated heterocycles. The van der Waals surface area contributed by atoms with E-state index in [1.54, 1.807) is 17.9 Å². The molecule has 4 nitrogen and oxygen atoms in total. The highest BCUT2D eigenvalue weighted by molar-refractivity contribution is 5.92. The Morgan fingerprint density at radius 1 is 1.24 bits per heavy atom. The summed E-state index contributed by atoms with van der Waals surface area (Å²) < 4.78 is 0. The summed E-state index contributed by atoms with van der Waals surface area (Å²) in [6.45, 7) is 5.76. The van der Waals surface area contributed by atoms with E-state index in [4.69, 9.17) is 5.11 Å². The second-order valence-corrected chi connectivity index (χ2v) is 5.23. The zero-order valence-corrected chi connectivity index (χ0v) is 12.8. The Kier molecular flexibility index (Phi) is 6.66. The molecule has 114 valence electrons. The third-order valence-corrected chi connectivity index (χ3v) is 3.52. The second kappa shape index (κ2) is 8.25. The molecular weight excluding hydrogens is 266 g/mol. The van der Waals surface area contributed by atoms with Gasteiger partial charge in [0.15, 0.2) is 0 Å². The van der Waals surface area contributed by atoms with Crippen molar-refractivity contribution in [3.63, 3.8) is 0 Å². The molecule has 0 heterocycles. The molecule has 21 heavy (non-hydrogen) atoms. The molecular formula is C17H23NO3. The van der Waals surface area contributed by atoms with E-state index < -0.39 is 11.9 Å². The first-order valence-electron chi connectivity index (χ1n) is 7.22. The van der Waals surface area contributed by atoms with Gasteiger partial charge in [0.25, 0.3) is 0 Å². The van der Waals surface area contributed by atoms with Crippen LogP contribution in [0.2, 0.25) is 0 Å². The number of hydrogen-bond donors (Lipinski definition) is 1. The number of carbonyl (C=O) groups excluding carboxylic acids is 1. The van der Waals surface area contributed by atoms with E-state index in [1.165, 1.54) is 6.08 Å². The molecule has 0 aliphatic rings. The number of carboxylic acids is 1. The van der Waals surface area contributed by atoms with Gasteiger partial charge in [0.1, 0.15) is 0 Å². The van der Waals surface area contributed by atoms with Crippen molar-refractivity contribution in [2.45, 2.75) is 33.2 Å². The van der Waals surface area contributed by atoms with Gasteiger partial charge in [-0.05, 0) is 25.0 Å². The molecule has 2 unspecified atom stereocenters. The van der Waals surface area contributed by atoms with Crippen LogP contribution in [0, 0.1) is 5.92 Å². The number of carboxylic acid groups (broad SMARTS) is 1. The quantitative estimate of drug-likeness (QED) is 0.785. The van der Waals surface area contributed by atoms with E-state index >= 15 is 0 Å². The van der Waals surface area contributed by atoms with Crippen molar-refractivity contribution in [1.82, 2.24) is 4.90 Å². The van der Waals surface area contributed by atoms with Crippen LogP contribution in [0.5, 0.6) is 0 Å². The fourth-order valence-electron chi connectivity index (χ4n) is 1.91. The Balaban J connectivity index is 2.80. The van der Waals surface area contributed by atoms with E-state index in [0.717, 1.165) is 12.0 Å². The summed E-state index contributed by atoms with van der Waals surface area (Å²) in [4.78, 5) is 24.9. The van der Waals surface area contributed by atoms with Crippen LogP contribution in [0.3, 0.4) is 0 Å². The number of hydrogen-bond acceptors (Lipinski definition) is 2. The molecule has 0 fully saturated rings. The Morgan fingerprint density at radius 2 is 1.86 bits per heavy atom. The van der Waals surface area contributed by atoms with Crippen molar-refractivity contribution in [1.29, 1.82) is 0 Å². The van der Waals surface area contributed by atoms with Crippen molar-refractivity contribution in [3.05, 3.63) is 42.0 Å². The lowest BCUT2D eigenvalue weighted by molar-refractivity contribution is -0.143. The predicted molar refractivity (Wildman–Crippen MR) is 83.7 cm³/mol. The Labute approximate surface area is 126 Å². The monoisotopic (exact) mass is 289 g/mol. The maximum Gasteiger partial charge on any atom is 0.308 e. The van der Waals surface area contributed by atoms with Crippen molar-refractivity contribution < 1.29 is 14.7 Å². The van der Waals surface area contributed by atoms with Gasteiger partial charge in [0, 0.05) is 18.7 Å². The molecule has 2 atom stereocenters. The lowest BCUT2D eigenvalue weighted by Gasteiger charge is -2.29. The van der Waals surface area contributed by atoms with Crippen molar-refractivity contribution in [2.75, 3.05) is 6.54 Å². The van der Waals surface area contributed by atoms with Gasteiger partial charge in [-0.1, -0.05) is 44.2 Å². The standard InChI is InChI=1S/C17H23NO3/c1-4-14(3)18(12-13(2)17(20)21)16(19)11-10-15-8-6-5-7-9-15/h5-11,13-14H,4,12H2,1-3H3,(H,20,21)/b11-10+. The van der Waals surface area contributed by atoms with Crippen LogP contribution in [0.4, 0.5) is 0 Å². The van der Waals surface area contributed by atoms with Gasteiger partial charge in [-0.15, -0.1) is 0 Å². The highest BCUT2D eigenvalue weighted by Gasteiger charge is 2.22. The second-order valence-electron chi connectivity index (χ2n) is 5.23. The summed E-state index contributed by atoms with van der Waals surface area (Å²) in [5.74, 6) is -1.61. The number of carbonyl (C=O) groups is 2. The summed E-state index contributed by atoms with van der Waals surface area (Å²) in [6.07, 6.45) is 4.05. The largest absolute Gasteiger partial charge is 0.481 e. The van der Waals surface area contributed by atoms with Crippen LogP contribution < -0.4 is 0 Å². The minimum Gasteiger partial charge on any atom is -0.481 e. The molecule has 0 aliphatic heterocycles. The third kappa shape index (κ3) is 5.42. The van der Waals surface area contributed by atoms with Gasteiger partial charge in [0.05, 0.1) is 5.92 Å². The number of benzene rings is 1. The van der Waals surface area contributed by atoms with Crippen molar-refractivity contribution in [3.8, 4) is 0 Å². The zero-order chi connectivity index (χ0) is 15.8. The minimum absolute atomic E-state index is 0.0136. The van der Waals surface area contributed by atoms with E-state index in [0.29, 0.717) is 0 Å². The van der Waals surface area contributed by atoms with Crippen LogP contribution in [0.1, 0.15) is 32.8 Å². The SMILES string of the molecule is CCC(C)N(CC(C)C(=O)O)C(=O)/C=C/c1ccccc1. The minimum atomic E-state index is -0.886. The smallest absolute Gasteiger partial charge is 0.308 e. The molecule has 0 spiro atoms. The van der Waals surface area contributed by atoms with E-state index in [-0.39, 0.29) is 18.5 Å². The van der Waals surface area contributed by atoms with Gasteiger partial charge in [-0.2, -0.15) is 0 Å². The molecule has 0 radical (unpaired) electrons. The molecule has 0 saturated carbocycles. The number of rotatable bonds is 7. The number of amides is 1. The fraction of sp³-hybridized carbons (Fsp3) is 0.412. The maximum absolute atomic E-state index is 12.3. The molecule has 1 N–H and O–H groups in total. The summed E-state index contributed by atoms with van der Waals surface area (Å²) in [5.41, 5.74) is 0.946. The zero-order valence-electron chi connectivity index (χ0n) is 12.8. The van der Waals surface area contributed by atoms with Gasteiger partial charge in [0.2, 0.25) is 5.91 Å². The Hall–Kier alpha value is -2.10. The van der Waals surface area contributed by atoms with E-state index in [9.17, 15) is 9.59 Å². The van der Waals surface area contributed by atoms with Crippen molar-refractivity contribution in [2.24, 2.45) is 5.92 Å². The van der Waals surface area contributed by atoms with Gasteiger partial charge < -0.3 is 10.0 Å². The number of aliphatic carboxylic acids is 1. The van der Waals surface area contributed by atoms with E-state index in [1.807, 2.05) is 44.2 Å². The first-order chi connectivity index (χ1) is 9.95. The van der Waals surface area contributed by atoms with E-state index in [2.05, 4.69) is 0 Å².